The lowest BCUT2D eigenvalue weighted by atomic mass is 9.84. The molecule has 3 aromatic carbocycles. The number of aryl methyl sites for hydroxylation is 1. The molecule has 7 nitrogen and oxygen atoms in total. The van der Waals surface area contributed by atoms with Crippen LogP contribution in [0.15, 0.2) is 71.8 Å². The lowest BCUT2D eigenvalue weighted by Gasteiger charge is -2.32. The maximum Gasteiger partial charge on any atom is 0.259 e. The summed E-state index contributed by atoms with van der Waals surface area (Å²) in [6.45, 7) is 13.2. The summed E-state index contributed by atoms with van der Waals surface area (Å²) < 4.78 is 19.8. The van der Waals surface area contributed by atoms with E-state index in [0.29, 0.717) is 43.5 Å². The number of carbonyl (C=O) groups is 2. The van der Waals surface area contributed by atoms with Crippen LogP contribution in [0.25, 0.3) is 0 Å². The van der Waals surface area contributed by atoms with Gasteiger partial charge in [0, 0.05) is 31.5 Å². The van der Waals surface area contributed by atoms with Gasteiger partial charge in [-0.05, 0) is 93.1 Å². The van der Waals surface area contributed by atoms with Crippen LogP contribution >= 0.6 is 0 Å². The van der Waals surface area contributed by atoms with E-state index in [1.807, 2.05) is 45.0 Å². The van der Waals surface area contributed by atoms with Crippen LogP contribution in [0.5, 0.6) is 17.2 Å². The Labute approximate surface area is 285 Å². The number of hydrogen-bond acceptors (Lipinski definition) is 5. The number of phenols is 2. The molecule has 3 N–H and O–H groups in total. The highest BCUT2D eigenvalue weighted by molar-refractivity contribution is 5.99. The van der Waals surface area contributed by atoms with Gasteiger partial charge in [0.25, 0.3) is 11.8 Å². The summed E-state index contributed by atoms with van der Waals surface area (Å²) in [6.07, 6.45) is 7.75. The summed E-state index contributed by atoms with van der Waals surface area (Å²) in [6, 6.07) is 16.3. The second-order valence-electron chi connectivity index (χ2n) is 12.3. The maximum absolute atomic E-state index is 13.6. The second-order valence-corrected chi connectivity index (χ2v) is 12.3. The van der Waals surface area contributed by atoms with E-state index in [2.05, 4.69) is 19.2 Å². The van der Waals surface area contributed by atoms with Crippen molar-refractivity contribution in [2.24, 2.45) is 0 Å². The first-order valence-corrected chi connectivity index (χ1v) is 17.4. The first-order valence-electron chi connectivity index (χ1n) is 17.4. The second kappa shape index (κ2) is 18.9. The molecule has 3 aromatic rings. The molecule has 0 bridgehead atoms. The average molecular weight is 661 g/mol. The standard InChI is InChI=1S/C34H37FN2O5.C4H10.C2H6/c1-21-19-25(11-14-28(21)35)34(41)37-17-15-27(16-18-37)42-26-12-9-23(10-13-26)20-29(22(2)24-5-3-6-24)36-33(40)32-30(38)7-4-8-31(32)39;1-3-4-2;1-2/h4,7-14,19,27,29,38-39H,3,5-6,15-18,20H2,1-2H3,(H,36,40);3-4H2,1-2H3;1-2H3. The number of likely N-dealkylation sites (tertiary alicyclic amines) is 1. The van der Waals surface area contributed by atoms with Gasteiger partial charge >= 0.3 is 0 Å². The fourth-order valence-electron chi connectivity index (χ4n) is 5.57. The van der Waals surface area contributed by atoms with Gasteiger partial charge in [0.1, 0.15) is 34.7 Å². The summed E-state index contributed by atoms with van der Waals surface area (Å²) in [4.78, 5) is 27.7. The zero-order valence-electron chi connectivity index (χ0n) is 29.4. The van der Waals surface area contributed by atoms with Crippen molar-refractivity contribution in [3.05, 3.63) is 99.9 Å². The van der Waals surface area contributed by atoms with Gasteiger partial charge < -0.3 is 25.2 Å². The maximum atomic E-state index is 13.6. The van der Waals surface area contributed by atoms with Gasteiger partial charge in [0.15, 0.2) is 0 Å². The molecule has 2 fully saturated rings. The smallest absolute Gasteiger partial charge is 0.259 e. The van der Waals surface area contributed by atoms with Gasteiger partial charge in [-0.15, -0.1) is 0 Å². The van der Waals surface area contributed by atoms with Crippen LogP contribution < -0.4 is 10.1 Å². The number of benzene rings is 3. The van der Waals surface area contributed by atoms with Crippen LogP contribution in [0.4, 0.5) is 4.39 Å². The molecular formula is C40H53FN2O5. The Kier molecular flexibility index (Phi) is 15.0. The van der Waals surface area contributed by atoms with Crippen LogP contribution in [-0.4, -0.2) is 52.2 Å². The van der Waals surface area contributed by atoms with E-state index in [-0.39, 0.29) is 40.9 Å². The minimum Gasteiger partial charge on any atom is -0.507 e. The highest BCUT2D eigenvalue weighted by Crippen LogP contribution is 2.32. The number of halogens is 1. The molecule has 0 radical (unpaired) electrons. The fraction of sp³-hybridized carbons (Fsp3) is 0.450. The van der Waals surface area contributed by atoms with Gasteiger partial charge in [-0.2, -0.15) is 0 Å². The first kappa shape index (κ1) is 38.1. The number of carbonyl (C=O) groups excluding carboxylic acids is 2. The Morgan fingerprint density at radius 2 is 1.56 bits per heavy atom. The number of hydrogen-bond donors (Lipinski definition) is 3. The molecule has 2 amide bonds. The number of aromatic hydroxyl groups is 2. The number of nitrogens with one attached hydrogen (secondary N) is 1. The molecule has 2 aliphatic rings. The predicted octanol–water partition coefficient (Wildman–Crippen LogP) is 8.90. The first-order chi connectivity index (χ1) is 23.1. The summed E-state index contributed by atoms with van der Waals surface area (Å²) in [5, 5.41) is 23.4. The normalized spacial score (nSPS) is 14.7. The fourth-order valence-corrected chi connectivity index (χ4v) is 5.57. The number of amides is 2. The van der Waals surface area contributed by atoms with E-state index in [9.17, 15) is 24.2 Å². The molecule has 48 heavy (non-hydrogen) atoms. The number of ether oxygens (including phenoxy) is 1. The topological polar surface area (TPSA) is 99.1 Å². The van der Waals surface area contributed by atoms with Crippen molar-refractivity contribution in [1.82, 2.24) is 10.2 Å². The van der Waals surface area contributed by atoms with Crippen LogP contribution in [0.2, 0.25) is 0 Å². The van der Waals surface area contributed by atoms with E-state index in [4.69, 9.17) is 4.74 Å². The minimum absolute atomic E-state index is 0.0151. The number of piperidine rings is 1. The molecule has 1 unspecified atom stereocenters. The molecule has 0 aromatic heterocycles. The number of nitrogens with zero attached hydrogens (tertiary/aromatic N) is 1. The van der Waals surface area contributed by atoms with Gasteiger partial charge in [0.2, 0.25) is 0 Å². The summed E-state index contributed by atoms with van der Waals surface area (Å²) >= 11 is 0. The van der Waals surface area contributed by atoms with Crippen molar-refractivity contribution >= 4 is 11.8 Å². The van der Waals surface area contributed by atoms with E-state index in [0.717, 1.165) is 36.1 Å². The molecule has 1 saturated heterocycles. The number of allylic oxidation sites excluding steroid dienone is 1. The predicted molar refractivity (Wildman–Crippen MR) is 190 cm³/mol. The molecule has 8 heteroatoms. The van der Waals surface area contributed by atoms with Crippen molar-refractivity contribution in [1.29, 1.82) is 0 Å². The van der Waals surface area contributed by atoms with Crippen LogP contribution in [0.3, 0.4) is 0 Å². The lowest BCUT2D eigenvalue weighted by Crippen LogP contribution is -2.41. The number of phenolic OH excluding ortho intramolecular Hbond substituents is 2. The Bertz CT molecular complexity index is 1500. The van der Waals surface area contributed by atoms with Crippen LogP contribution in [-0.2, 0) is 6.42 Å². The zero-order valence-corrected chi connectivity index (χ0v) is 29.4. The number of rotatable bonds is 9. The van der Waals surface area contributed by atoms with E-state index >= 15 is 0 Å². The summed E-state index contributed by atoms with van der Waals surface area (Å²) in [7, 11) is 0. The minimum atomic E-state index is -0.519. The van der Waals surface area contributed by atoms with Crippen molar-refractivity contribution in [2.45, 2.75) is 105 Å². The third-order valence-electron chi connectivity index (χ3n) is 8.89. The molecule has 260 valence electrons. The molecule has 1 saturated carbocycles. The van der Waals surface area contributed by atoms with E-state index < -0.39 is 5.91 Å². The van der Waals surface area contributed by atoms with Gasteiger partial charge in [-0.25, -0.2) is 4.39 Å². The SMILES string of the molecule is CC.CC(=C1CCC1)C(Cc1ccc(OC2CCN(C(=O)c3ccc(F)c(C)c3)CC2)cc1)NC(=O)c1c(O)cccc1O.CCCC. The summed E-state index contributed by atoms with van der Waals surface area (Å²) in [5.74, 6) is -0.707. The van der Waals surface area contributed by atoms with Crippen molar-refractivity contribution < 1.29 is 28.9 Å². The van der Waals surface area contributed by atoms with Crippen molar-refractivity contribution in [3.8, 4) is 17.2 Å². The monoisotopic (exact) mass is 660 g/mol. The molecule has 1 heterocycles. The van der Waals surface area contributed by atoms with Gasteiger partial charge in [0.05, 0.1) is 6.04 Å². The molecule has 1 atom stereocenters. The Balaban J connectivity index is 0.000000970. The highest BCUT2D eigenvalue weighted by Gasteiger charge is 2.26. The summed E-state index contributed by atoms with van der Waals surface area (Å²) in [5.41, 5.74) is 4.30. The highest BCUT2D eigenvalue weighted by atomic mass is 19.1. The molecule has 5 rings (SSSR count). The Morgan fingerprint density at radius 3 is 2.08 bits per heavy atom. The average Bonchev–Trinajstić information content (AvgIpc) is 3.06. The Hall–Kier alpha value is -4.33. The van der Waals surface area contributed by atoms with Crippen LogP contribution in [0.1, 0.15) is 111 Å². The van der Waals surface area contributed by atoms with Gasteiger partial charge in [-0.3, -0.25) is 9.59 Å². The van der Waals surface area contributed by atoms with E-state index in [1.54, 1.807) is 17.9 Å². The third kappa shape index (κ3) is 10.3. The van der Waals surface area contributed by atoms with E-state index in [1.165, 1.54) is 48.7 Å². The quantitative estimate of drug-likeness (QED) is 0.199. The molecule has 1 aliphatic carbocycles. The molecule has 0 spiro atoms. The molecular weight excluding hydrogens is 607 g/mol. The largest absolute Gasteiger partial charge is 0.507 e. The van der Waals surface area contributed by atoms with Crippen molar-refractivity contribution in [3.63, 3.8) is 0 Å². The molecule has 1 aliphatic heterocycles. The number of unbranched alkanes of at least 4 members (excludes halogenated alkanes) is 1. The van der Waals surface area contributed by atoms with Crippen LogP contribution in [0, 0.1) is 12.7 Å². The van der Waals surface area contributed by atoms with Crippen molar-refractivity contribution in [2.75, 3.05) is 13.1 Å². The zero-order chi connectivity index (χ0) is 35.2. The Morgan fingerprint density at radius 1 is 0.958 bits per heavy atom. The van der Waals surface area contributed by atoms with Gasteiger partial charge in [-0.1, -0.05) is 69.9 Å². The lowest BCUT2D eigenvalue weighted by molar-refractivity contribution is 0.0595. The third-order valence-corrected chi connectivity index (χ3v) is 8.89.